The van der Waals surface area contributed by atoms with E-state index in [4.69, 9.17) is 4.74 Å². The molecule has 0 spiro atoms. The quantitative estimate of drug-likeness (QED) is 0.840. The van der Waals surface area contributed by atoms with E-state index in [0.29, 0.717) is 12.1 Å². The molecule has 0 aliphatic carbocycles. The second-order valence-corrected chi connectivity index (χ2v) is 5.29. The van der Waals surface area contributed by atoms with E-state index < -0.39 is 0 Å². The molecule has 0 aliphatic heterocycles. The van der Waals surface area contributed by atoms with Crippen molar-refractivity contribution in [2.75, 3.05) is 27.7 Å². The molecule has 0 amide bonds. The van der Waals surface area contributed by atoms with Crippen molar-refractivity contribution < 1.29 is 4.74 Å². The average molecular weight is 250 g/mol. The lowest BCUT2D eigenvalue weighted by Crippen LogP contribution is -2.34. The fourth-order valence-corrected chi connectivity index (χ4v) is 2.03. The van der Waals surface area contributed by atoms with Crippen LogP contribution in [0.2, 0.25) is 0 Å². The van der Waals surface area contributed by atoms with Crippen molar-refractivity contribution in [3.8, 4) is 5.75 Å². The Labute approximate surface area is 111 Å². The molecule has 0 bridgehead atoms. The highest BCUT2D eigenvalue weighted by molar-refractivity contribution is 5.39. The molecule has 3 heteroatoms. The number of hydrogen-bond acceptors (Lipinski definition) is 3. The number of rotatable bonds is 6. The van der Waals surface area contributed by atoms with E-state index in [1.807, 2.05) is 0 Å². The van der Waals surface area contributed by atoms with Gasteiger partial charge in [0.15, 0.2) is 0 Å². The van der Waals surface area contributed by atoms with Crippen molar-refractivity contribution in [1.82, 2.24) is 10.2 Å². The normalized spacial score (nSPS) is 13.1. The first-order valence-electron chi connectivity index (χ1n) is 6.50. The van der Waals surface area contributed by atoms with Crippen molar-refractivity contribution >= 4 is 0 Å². The molecule has 102 valence electrons. The Bertz CT molecular complexity index is 375. The Morgan fingerprint density at radius 2 is 1.94 bits per heavy atom. The van der Waals surface area contributed by atoms with Crippen LogP contribution in [0.1, 0.15) is 31.0 Å². The van der Waals surface area contributed by atoms with Crippen LogP contribution in [0.5, 0.6) is 5.75 Å². The first-order valence-corrected chi connectivity index (χ1v) is 6.50. The summed E-state index contributed by atoms with van der Waals surface area (Å²) in [5.41, 5.74) is 2.51. The lowest BCUT2D eigenvalue weighted by Gasteiger charge is -2.27. The van der Waals surface area contributed by atoms with Gasteiger partial charge in [0.1, 0.15) is 5.75 Å². The summed E-state index contributed by atoms with van der Waals surface area (Å²) in [5, 5.41) is 3.50. The van der Waals surface area contributed by atoms with E-state index in [1.165, 1.54) is 11.1 Å². The molecule has 18 heavy (non-hydrogen) atoms. The number of benzene rings is 1. The van der Waals surface area contributed by atoms with E-state index in [1.54, 1.807) is 7.11 Å². The van der Waals surface area contributed by atoms with Gasteiger partial charge in [-0.25, -0.2) is 0 Å². The third kappa shape index (κ3) is 4.00. The fraction of sp³-hybridized carbons (Fsp3) is 0.600. The largest absolute Gasteiger partial charge is 0.496 e. The van der Waals surface area contributed by atoms with Crippen molar-refractivity contribution in [2.45, 2.75) is 32.9 Å². The SMILES string of the molecule is COc1ccc(C)cc1C(CNC(C)C)N(C)C. The number of hydrogen-bond donors (Lipinski definition) is 1. The molecule has 1 aromatic carbocycles. The number of ether oxygens (including phenoxy) is 1. The maximum Gasteiger partial charge on any atom is 0.123 e. The monoisotopic (exact) mass is 250 g/mol. The van der Waals surface area contributed by atoms with E-state index in [-0.39, 0.29) is 0 Å². The number of aryl methyl sites for hydroxylation is 1. The zero-order valence-corrected chi connectivity index (χ0v) is 12.4. The van der Waals surface area contributed by atoms with Crippen molar-refractivity contribution in [3.05, 3.63) is 29.3 Å². The molecule has 1 N–H and O–H groups in total. The maximum absolute atomic E-state index is 5.48. The van der Waals surface area contributed by atoms with Crippen LogP contribution in [0.4, 0.5) is 0 Å². The molecule has 0 radical (unpaired) electrons. The molecule has 1 atom stereocenters. The van der Waals surface area contributed by atoms with Gasteiger partial charge >= 0.3 is 0 Å². The van der Waals surface area contributed by atoms with Gasteiger partial charge in [-0.2, -0.15) is 0 Å². The minimum absolute atomic E-state index is 0.322. The number of likely N-dealkylation sites (N-methyl/N-ethyl adjacent to an activating group) is 1. The van der Waals surface area contributed by atoms with Crippen molar-refractivity contribution in [2.24, 2.45) is 0 Å². The van der Waals surface area contributed by atoms with E-state index >= 15 is 0 Å². The number of methoxy groups -OCH3 is 1. The Balaban J connectivity index is 3.00. The maximum atomic E-state index is 5.48. The van der Waals surface area contributed by atoms with Gasteiger partial charge in [-0.15, -0.1) is 0 Å². The molecule has 1 unspecified atom stereocenters. The summed E-state index contributed by atoms with van der Waals surface area (Å²) in [6.07, 6.45) is 0. The summed E-state index contributed by atoms with van der Waals surface area (Å²) in [6, 6.07) is 7.16. The third-order valence-electron chi connectivity index (χ3n) is 3.09. The molecule has 1 aromatic rings. The Kier molecular flexibility index (Phi) is 5.63. The van der Waals surface area contributed by atoms with Crippen LogP contribution in [0.25, 0.3) is 0 Å². The van der Waals surface area contributed by atoms with Crippen LogP contribution in [-0.2, 0) is 0 Å². The molecule has 0 heterocycles. The van der Waals surface area contributed by atoms with Gasteiger partial charge in [-0.3, -0.25) is 0 Å². The number of nitrogens with zero attached hydrogens (tertiary/aromatic N) is 1. The van der Waals surface area contributed by atoms with Gasteiger partial charge in [-0.05, 0) is 27.1 Å². The summed E-state index contributed by atoms with van der Waals surface area (Å²) >= 11 is 0. The lowest BCUT2D eigenvalue weighted by atomic mass is 10.0. The standard InChI is InChI=1S/C15H26N2O/c1-11(2)16-10-14(17(4)5)13-9-12(3)7-8-15(13)18-6/h7-9,11,14,16H,10H2,1-6H3. The van der Waals surface area contributed by atoms with Gasteiger partial charge in [0.25, 0.3) is 0 Å². The summed E-state index contributed by atoms with van der Waals surface area (Å²) in [7, 11) is 5.94. The van der Waals surface area contributed by atoms with Crippen LogP contribution in [-0.4, -0.2) is 38.7 Å². The van der Waals surface area contributed by atoms with E-state index in [2.05, 4.69) is 63.3 Å². The molecule has 0 saturated heterocycles. The zero-order chi connectivity index (χ0) is 13.7. The van der Waals surface area contributed by atoms with Crippen LogP contribution in [0.3, 0.4) is 0 Å². The van der Waals surface area contributed by atoms with Crippen LogP contribution in [0, 0.1) is 6.92 Å². The topological polar surface area (TPSA) is 24.5 Å². The molecule has 0 saturated carbocycles. The lowest BCUT2D eigenvalue weighted by molar-refractivity contribution is 0.274. The first-order chi connectivity index (χ1) is 8.45. The van der Waals surface area contributed by atoms with Crippen LogP contribution < -0.4 is 10.1 Å². The Hall–Kier alpha value is -1.06. The summed E-state index contributed by atoms with van der Waals surface area (Å²) in [6.45, 7) is 7.37. The van der Waals surface area contributed by atoms with Gasteiger partial charge < -0.3 is 15.0 Å². The van der Waals surface area contributed by atoms with E-state index in [0.717, 1.165) is 12.3 Å². The molecule has 1 rings (SSSR count). The van der Waals surface area contributed by atoms with Gasteiger partial charge in [0.05, 0.1) is 13.2 Å². The average Bonchev–Trinajstić information content (AvgIpc) is 2.28. The van der Waals surface area contributed by atoms with E-state index in [9.17, 15) is 0 Å². The van der Waals surface area contributed by atoms with Gasteiger partial charge in [0.2, 0.25) is 0 Å². The first kappa shape index (κ1) is 15.0. The predicted molar refractivity (Wildman–Crippen MR) is 77.3 cm³/mol. The van der Waals surface area contributed by atoms with Crippen LogP contribution >= 0.6 is 0 Å². The molecular formula is C15H26N2O. The highest BCUT2D eigenvalue weighted by atomic mass is 16.5. The molecule has 0 aliphatic rings. The summed E-state index contributed by atoms with van der Waals surface area (Å²) in [4.78, 5) is 2.23. The minimum Gasteiger partial charge on any atom is -0.496 e. The van der Waals surface area contributed by atoms with Gasteiger partial charge in [-0.1, -0.05) is 31.5 Å². The Morgan fingerprint density at radius 1 is 1.28 bits per heavy atom. The fourth-order valence-electron chi connectivity index (χ4n) is 2.03. The highest BCUT2D eigenvalue weighted by Gasteiger charge is 2.18. The van der Waals surface area contributed by atoms with Crippen molar-refractivity contribution in [1.29, 1.82) is 0 Å². The Morgan fingerprint density at radius 3 is 2.44 bits per heavy atom. The molecule has 0 fully saturated rings. The van der Waals surface area contributed by atoms with Crippen molar-refractivity contribution in [3.63, 3.8) is 0 Å². The van der Waals surface area contributed by atoms with Gasteiger partial charge in [0, 0.05) is 18.2 Å². The second-order valence-electron chi connectivity index (χ2n) is 5.29. The smallest absolute Gasteiger partial charge is 0.123 e. The molecular weight excluding hydrogens is 224 g/mol. The summed E-state index contributed by atoms with van der Waals surface area (Å²) in [5.74, 6) is 0.963. The zero-order valence-electron chi connectivity index (χ0n) is 12.4. The molecule has 3 nitrogen and oxygen atoms in total. The minimum atomic E-state index is 0.322. The molecule has 0 aromatic heterocycles. The van der Waals surface area contributed by atoms with Crippen LogP contribution in [0.15, 0.2) is 18.2 Å². The number of nitrogens with one attached hydrogen (secondary N) is 1. The third-order valence-corrected chi connectivity index (χ3v) is 3.09. The second kappa shape index (κ2) is 6.76. The predicted octanol–water partition coefficient (Wildman–Crippen LogP) is 2.60. The summed E-state index contributed by atoms with van der Waals surface area (Å²) < 4.78 is 5.48. The highest BCUT2D eigenvalue weighted by Crippen LogP contribution is 2.28.